The van der Waals surface area contributed by atoms with E-state index in [9.17, 15) is 4.79 Å². The molecular formula is C17H14O2. The molecular weight excluding hydrogens is 236 g/mol. The lowest BCUT2D eigenvalue weighted by molar-refractivity contribution is 0.560. The van der Waals surface area contributed by atoms with E-state index in [2.05, 4.69) is 17.9 Å². The molecule has 94 valence electrons. The number of allylic oxidation sites excluding steroid dienone is 2. The largest absolute Gasteiger partial charge is 0.423 e. The second-order valence-electron chi connectivity index (χ2n) is 4.70. The highest BCUT2D eigenvalue weighted by molar-refractivity contribution is 5.83. The van der Waals surface area contributed by atoms with Gasteiger partial charge in [-0.05, 0) is 43.4 Å². The zero-order valence-corrected chi connectivity index (χ0v) is 10.6. The summed E-state index contributed by atoms with van der Waals surface area (Å²) in [5.74, 6) is 6.31. The van der Waals surface area contributed by atoms with Crippen molar-refractivity contribution in [2.45, 2.75) is 25.7 Å². The standard InChI is InChI=1S/C17H14O2/c18-17-12-14(11-10-13-6-2-1-3-7-13)15-8-4-5-9-16(15)19-17/h4-6,8-9,12H,1-3,7H2. The Bertz CT molecular complexity index is 754. The Morgan fingerprint density at radius 2 is 2.00 bits per heavy atom. The summed E-state index contributed by atoms with van der Waals surface area (Å²) in [4.78, 5) is 11.5. The van der Waals surface area contributed by atoms with Gasteiger partial charge in [0.2, 0.25) is 0 Å². The molecule has 2 nitrogen and oxygen atoms in total. The number of benzene rings is 1. The molecule has 0 saturated carbocycles. The Hall–Kier alpha value is -2.27. The van der Waals surface area contributed by atoms with Gasteiger partial charge in [0.1, 0.15) is 5.58 Å². The molecule has 0 bridgehead atoms. The van der Waals surface area contributed by atoms with Gasteiger partial charge in [0.25, 0.3) is 0 Å². The Labute approximate surface area is 111 Å². The Kier molecular flexibility index (Phi) is 3.20. The van der Waals surface area contributed by atoms with Gasteiger partial charge in [-0.2, -0.15) is 0 Å². The molecule has 0 aliphatic heterocycles. The minimum Gasteiger partial charge on any atom is -0.423 e. The van der Waals surface area contributed by atoms with Crippen molar-refractivity contribution in [1.29, 1.82) is 0 Å². The van der Waals surface area contributed by atoms with Crippen LogP contribution in [-0.2, 0) is 0 Å². The van der Waals surface area contributed by atoms with Gasteiger partial charge in [0.15, 0.2) is 0 Å². The van der Waals surface area contributed by atoms with Crippen LogP contribution in [0, 0.1) is 11.8 Å². The van der Waals surface area contributed by atoms with Gasteiger partial charge in [0, 0.05) is 17.0 Å². The van der Waals surface area contributed by atoms with Crippen LogP contribution in [0.5, 0.6) is 0 Å². The van der Waals surface area contributed by atoms with Crippen LogP contribution in [0.3, 0.4) is 0 Å². The molecule has 0 radical (unpaired) electrons. The predicted molar refractivity (Wildman–Crippen MR) is 75.9 cm³/mol. The van der Waals surface area contributed by atoms with Crippen LogP contribution in [0.2, 0.25) is 0 Å². The molecule has 0 amide bonds. The maximum atomic E-state index is 11.5. The first kappa shape index (κ1) is 11.8. The van der Waals surface area contributed by atoms with E-state index >= 15 is 0 Å². The van der Waals surface area contributed by atoms with E-state index in [1.807, 2.05) is 18.2 Å². The normalized spacial score (nSPS) is 14.6. The second-order valence-corrected chi connectivity index (χ2v) is 4.70. The molecule has 1 heterocycles. The fourth-order valence-electron chi connectivity index (χ4n) is 2.31. The van der Waals surface area contributed by atoms with Crippen molar-refractivity contribution in [3.05, 3.63) is 58.0 Å². The first-order valence-electron chi connectivity index (χ1n) is 6.57. The van der Waals surface area contributed by atoms with Crippen molar-refractivity contribution < 1.29 is 4.42 Å². The maximum absolute atomic E-state index is 11.5. The molecule has 2 aromatic rings. The number of rotatable bonds is 0. The number of fused-ring (bicyclic) bond motifs is 1. The molecule has 2 heteroatoms. The summed E-state index contributed by atoms with van der Waals surface area (Å²) in [6.45, 7) is 0. The van der Waals surface area contributed by atoms with Gasteiger partial charge >= 0.3 is 5.63 Å². The fraction of sp³-hybridized carbons (Fsp3) is 0.235. The smallest absolute Gasteiger partial charge is 0.337 e. The lowest BCUT2D eigenvalue weighted by Crippen LogP contribution is -1.98. The van der Waals surface area contributed by atoms with E-state index in [1.54, 1.807) is 6.07 Å². The topological polar surface area (TPSA) is 30.2 Å². The van der Waals surface area contributed by atoms with Crippen LogP contribution >= 0.6 is 0 Å². The zero-order chi connectivity index (χ0) is 13.1. The molecule has 19 heavy (non-hydrogen) atoms. The molecule has 0 spiro atoms. The average Bonchev–Trinajstić information content (AvgIpc) is 2.45. The van der Waals surface area contributed by atoms with E-state index in [-0.39, 0.29) is 5.63 Å². The van der Waals surface area contributed by atoms with E-state index in [1.165, 1.54) is 24.5 Å². The first-order valence-corrected chi connectivity index (χ1v) is 6.57. The molecule has 0 unspecified atom stereocenters. The molecule has 1 aromatic carbocycles. The summed E-state index contributed by atoms with van der Waals surface area (Å²) < 4.78 is 5.16. The molecule has 1 aliphatic rings. The highest BCUT2D eigenvalue weighted by Crippen LogP contribution is 2.18. The van der Waals surface area contributed by atoms with Crippen molar-refractivity contribution in [3.8, 4) is 11.8 Å². The highest BCUT2D eigenvalue weighted by atomic mass is 16.4. The summed E-state index contributed by atoms with van der Waals surface area (Å²) in [6.07, 6.45) is 6.82. The molecule has 0 saturated heterocycles. The Balaban J connectivity index is 2.08. The van der Waals surface area contributed by atoms with Crippen LogP contribution in [0.1, 0.15) is 31.2 Å². The minimum absolute atomic E-state index is 0.347. The lowest BCUT2D eigenvalue weighted by atomic mass is 9.99. The van der Waals surface area contributed by atoms with E-state index in [0.29, 0.717) is 5.58 Å². The van der Waals surface area contributed by atoms with Crippen molar-refractivity contribution >= 4 is 11.0 Å². The average molecular weight is 250 g/mol. The molecule has 1 aliphatic carbocycles. The number of hydrogen-bond donors (Lipinski definition) is 0. The van der Waals surface area contributed by atoms with Gasteiger partial charge in [0.05, 0.1) is 0 Å². The summed E-state index contributed by atoms with van der Waals surface area (Å²) >= 11 is 0. The van der Waals surface area contributed by atoms with Gasteiger partial charge in [-0.25, -0.2) is 4.79 Å². The van der Waals surface area contributed by atoms with Gasteiger partial charge in [-0.1, -0.05) is 30.0 Å². The molecule has 0 fully saturated rings. The second kappa shape index (κ2) is 5.16. The van der Waals surface area contributed by atoms with Crippen LogP contribution in [0.25, 0.3) is 11.0 Å². The lowest BCUT2D eigenvalue weighted by Gasteiger charge is -2.05. The SMILES string of the molecule is O=c1cc(C#CC2=CCCCC2)c2ccccc2o1. The van der Waals surface area contributed by atoms with Crippen molar-refractivity contribution in [3.63, 3.8) is 0 Å². The minimum atomic E-state index is -0.347. The quantitative estimate of drug-likeness (QED) is 0.528. The number of para-hydroxylation sites is 1. The molecule has 1 aromatic heterocycles. The Morgan fingerprint density at radius 3 is 2.84 bits per heavy atom. The third kappa shape index (κ3) is 2.61. The monoisotopic (exact) mass is 250 g/mol. The summed E-state index contributed by atoms with van der Waals surface area (Å²) in [5, 5.41) is 0.894. The van der Waals surface area contributed by atoms with Gasteiger partial charge in [-0.15, -0.1) is 0 Å². The third-order valence-electron chi connectivity index (χ3n) is 3.30. The predicted octanol–water partition coefficient (Wildman–Crippen LogP) is 3.64. The van der Waals surface area contributed by atoms with Crippen molar-refractivity contribution in [1.82, 2.24) is 0 Å². The van der Waals surface area contributed by atoms with Gasteiger partial charge < -0.3 is 4.42 Å². The third-order valence-corrected chi connectivity index (χ3v) is 3.30. The summed E-state index contributed by atoms with van der Waals surface area (Å²) in [6, 6.07) is 8.97. The number of hydrogen-bond acceptors (Lipinski definition) is 2. The summed E-state index contributed by atoms with van der Waals surface area (Å²) in [7, 11) is 0. The van der Waals surface area contributed by atoms with Crippen molar-refractivity contribution in [2.24, 2.45) is 0 Å². The maximum Gasteiger partial charge on any atom is 0.337 e. The van der Waals surface area contributed by atoms with Crippen LogP contribution < -0.4 is 5.63 Å². The van der Waals surface area contributed by atoms with Gasteiger partial charge in [-0.3, -0.25) is 0 Å². The van der Waals surface area contributed by atoms with Crippen LogP contribution in [0.15, 0.2) is 51.2 Å². The molecule has 0 atom stereocenters. The summed E-state index contributed by atoms with van der Waals surface area (Å²) in [5.41, 5.74) is 2.18. The van der Waals surface area contributed by atoms with E-state index in [4.69, 9.17) is 4.42 Å². The zero-order valence-electron chi connectivity index (χ0n) is 10.6. The van der Waals surface area contributed by atoms with E-state index in [0.717, 1.165) is 23.8 Å². The highest BCUT2D eigenvalue weighted by Gasteiger charge is 2.03. The molecule has 0 N–H and O–H groups in total. The fourth-order valence-corrected chi connectivity index (χ4v) is 2.31. The molecule has 3 rings (SSSR count). The first-order chi connectivity index (χ1) is 9.33. The van der Waals surface area contributed by atoms with Crippen LogP contribution in [0.4, 0.5) is 0 Å². The van der Waals surface area contributed by atoms with Crippen LogP contribution in [-0.4, -0.2) is 0 Å². The Morgan fingerprint density at radius 1 is 1.11 bits per heavy atom. The van der Waals surface area contributed by atoms with E-state index < -0.39 is 0 Å². The van der Waals surface area contributed by atoms with Crippen molar-refractivity contribution in [2.75, 3.05) is 0 Å².